The van der Waals surface area contributed by atoms with Crippen LogP contribution in [0.1, 0.15) is 71.1 Å². The van der Waals surface area contributed by atoms with Crippen LogP contribution in [0, 0.1) is 0 Å². The second-order valence-corrected chi connectivity index (χ2v) is 4.31. The first-order valence-electron chi connectivity index (χ1n) is 6.77. The summed E-state index contributed by atoms with van der Waals surface area (Å²) in [5, 5.41) is 0. The highest BCUT2D eigenvalue weighted by Gasteiger charge is 1.88. The molecule has 0 aromatic heterocycles. The minimum absolute atomic E-state index is 0.858. The van der Waals surface area contributed by atoms with Crippen LogP contribution >= 0.6 is 0 Å². The molecular formula is C14H29N. The first-order valence-corrected chi connectivity index (χ1v) is 6.77. The molecule has 0 amide bonds. The van der Waals surface area contributed by atoms with Crippen molar-refractivity contribution in [2.45, 2.75) is 71.1 Å². The monoisotopic (exact) mass is 211 g/mol. The van der Waals surface area contributed by atoms with E-state index in [1.165, 1.54) is 64.2 Å². The minimum Gasteiger partial charge on any atom is -0.330 e. The van der Waals surface area contributed by atoms with E-state index >= 15 is 0 Å². The molecule has 1 nitrogen and oxygen atoms in total. The van der Waals surface area contributed by atoms with E-state index in [9.17, 15) is 0 Å². The molecule has 0 aliphatic carbocycles. The van der Waals surface area contributed by atoms with Crippen LogP contribution in [0.2, 0.25) is 0 Å². The van der Waals surface area contributed by atoms with Crippen LogP contribution in [-0.4, -0.2) is 6.54 Å². The van der Waals surface area contributed by atoms with Crippen LogP contribution < -0.4 is 5.73 Å². The lowest BCUT2D eigenvalue weighted by molar-refractivity contribution is 0.622. The van der Waals surface area contributed by atoms with Gasteiger partial charge in [-0.2, -0.15) is 0 Å². The normalized spacial score (nSPS) is 11.3. The summed E-state index contributed by atoms with van der Waals surface area (Å²) in [7, 11) is 0. The molecule has 0 unspecified atom stereocenters. The number of allylic oxidation sites excluding steroid dienone is 2. The molecule has 0 heterocycles. The minimum atomic E-state index is 0.858. The van der Waals surface area contributed by atoms with Gasteiger partial charge >= 0.3 is 0 Å². The summed E-state index contributed by atoms with van der Waals surface area (Å²) >= 11 is 0. The van der Waals surface area contributed by atoms with E-state index in [2.05, 4.69) is 19.1 Å². The van der Waals surface area contributed by atoms with E-state index < -0.39 is 0 Å². The van der Waals surface area contributed by atoms with Crippen molar-refractivity contribution in [2.75, 3.05) is 6.54 Å². The van der Waals surface area contributed by atoms with Crippen LogP contribution in [0.3, 0.4) is 0 Å². The maximum Gasteiger partial charge on any atom is -0.00773 e. The molecule has 0 saturated carbocycles. The fraction of sp³-hybridized carbons (Fsp3) is 0.857. The molecule has 0 aliphatic heterocycles. The molecule has 0 aromatic rings. The molecule has 0 aliphatic rings. The topological polar surface area (TPSA) is 26.0 Å². The highest BCUT2D eigenvalue weighted by atomic mass is 14.5. The fourth-order valence-electron chi connectivity index (χ4n) is 1.68. The highest BCUT2D eigenvalue weighted by molar-refractivity contribution is 4.81. The lowest BCUT2D eigenvalue weighted by Crippen LogP contribution is -1.97. The third kappa shape index (κ3) is 13.7. The van der Waals surface area contributed by atoms with Crippen molar-refractivity contribution >= 4 is 0 Å². The van der Waals surface area contributed by atoms with Crippen molar-refractivity contribution in [3.63, 3.8) is 0 Å². The summed E-state index contributed by atoms with van der Waals surface area (Å²) in [6, 6.07) is 0. The van der Waals surface area contributed by atoms with Crippen molar-refractivity contribution in [3.8, 4) is 0 Å². The third-order valence-electron chi connectivity index (χ3n) is 2.72. The predicted octanol–water partition coefficient (Wildman–Crippen LogP) is 4.42. The number of nitrogens with two attached hydrogens (primary N) is 1. The molecule has 0 fully saturated rings. The summed E-state index contributed by atoms with van der Waals surface area (Å²) in [4.78, 5) is 0. The highest BCUT2D eigenvalue weighted by Crippen LogP contribution is 2.06. The quantitative estimate of drug-likeness (QED) is 0.397. The van der Waals surface area contributed by atoms with Crippen LogP contribution in [-0.2, 0) is 0 Å². The SMILES string of the molecule is CCCCC/C=C/CCCCCCCN. The van der Waals surface area contributed by atoms with Gasteiger partial charge in [-0.25, -0.2) is 0 Å². The Bertz CT molecular complexity index is 129. The molecule has 0 bridgehead atoms. The lowest BCUT2D eigenvalue weighted by atomic mass is 10.1. The molecule has 15 heavy (non-hydrogen) atoms. The largest absolute Gasteiger partial charge is 0.330 e. The smallest absolute Gasteiger partial charge is 0.00773 e. The van der Waals surface area contributed by atoms with Crippen LogP contribution in [0.4, 0.5) is 0 Å². The number of hydrogen-bond acceptors (Lipinski definition) is 1. The molecule has 0 atom stereocenters. The Morgan fingerprint density at radius 1 is 0.733 bits per heavy atom. The summed E-state index contributed by atoms with van der Waals surface area (Å²) in [6.45, 7) is 3.11. The van der Waals surface area contributed by atoms with Crippen LogP contribution in [0.25, 0.3) is 0 Å². The lowest BCUT2D eigenvalue weighted by Gasteiger charge is -1.97. The van der Waals surface area contributed by atoms with E-state index in [-0.39, 0.29) is 0 Å². The number of unbranched alkanes of at least 4 members (excludes halogenated alkanes) is 8. The zero-order valence-electron chi connectivity index (χ0n) is 10.5. The first-order chi connectivity index (χ1) is 7.41. The van der Waals surface area contributed by atoms with Crippen molar-refractivity contribution in [1.29, 1.82) is 0 Å². The number of hydrogen-bond donors (Lipinski definition) is 1. The number of rotatable bonds is 11. The second kappa shape index (κ2) is 13.7. The van der Waals surface area contributed by atoms with Gasteiger partial charge in [-0.1, -0.05) is 51.2 Å². The van der Waals surface area contributed by atoms with E-state index in [0.29, 0.717) is 0 Å². The van der Waals surface area contributed by atoms with Crippen molar-refractivity contribution < 1.29 is 0 Å². The van der Waals surface area contributed by atoms with Crippen molar-refractivity contribution in [3.05, 3.63) is 12.2 Å². The zero-order chi connectivity index (χ0) is 11.2. The van der Waals surface area contributed by atoms with Gasteiger partial charge in [-0.3, -0.25) is 0 Å². The Kier molecular flexibility index (Phi) is 13.4. The van der Waals surface area contributed by atoms with Gasteiger partial charge < -0.3 is 5.73 Å². The van der Waals surface area contributed by atoms with Gasteiger partial charge in [-0.05, 0) is 38.6 Å². The molecule has 2 N–H and O–H groups in total. The van der Waals surface area contributed by atoms with E-state index in [4.69, 9.17) is 5.73 Å². The molecule has 1 heteroatoms. The third-order valence-corrected chi connectivity index (χ3v) is 2.72. The average molecular weight is 211 g/mol. The molecule has 0 saturated heterocycles. The van der Waals surface area contributed by atoms with Crippen LogP contribution in [0.5, 0.6) is 0 Å². The molecule has 0 spiro atoms. The van der Waals surface area contributed by atoms with Gasteiger partial charge in [0.05, 0.1) is 0 Å². The van der Waals surface area contributed by atoms with Gasteiger partial charge in [0.25, 0.3) is 0 Å². The molecular weight excluding hydrogens is 182 g/mol. The van der Waals surface area contributed by atoms with Crippen molar-refractivity contribution in [2.24, 2.45) is 5.73 Å². The van der Waals surface area contributed by atoms with Gasteiger partial charge in [0.2, 0.25) is 0 Å². The molecule has 0 rings (SSSR count). The Morgan fingerprint density at radius 3 is 1.87 bits per heavy atom. The Balaban J connectivity index is 2.96. The fourth-order valence-corrected chi connectivity index (χ4v) is 1.68. The van der Waals surface area contributed by atoms with Gasteiger partial charge in [-0.15, -0.1) is 0 Å². The Hall–Kier alpha value is -0.300. The van der Waals surface area contributed by atoms with E-state index in [0.717, 1.165) is 6.54 Å². The summed E-state index contributed by atoms with van der Waals surface area (Å²) in [5.41, 5.74) is 5.44. The molecule has 0 aromatic carbocycles. The summed E-state index contributed by atoms with van der Waals surface area (Å²) in [6.07, 6.45) is 17.9. The van der Waals surface area contributed by atoms with Crippen molar-refractivity contribution in [1.82, 2.24) is 0 Å². The predicted molar refractivity (Wildman–Crippen MR) is 70.0 cm³/mol. The Labute approximate surface area is 96.1 Å². The maximum absolute atomic E-state index is 5.44. The molecule has 90 valence electrons. The summed E-state index contributed by atoms with van der Waals surface area (Å²) in [5.74, 6) is 0. The molecule has 0 radical (unpaired) electrons. The van der Waals surface area contributed by atoms with Gasteiger partial charge in [0, 0.05) is 0 Å². The summed E-state index contributed by atoms with van der Waals surface area (Å²) < 4.78 is 0. The van der Waals surface area contributed by atoms with E-state index in [1.807, 2.05) is 0 Å². The average Bonchev–Trinajstić information content (AvgIpc) is 2.26. The zero-order valence-corrected chi connectivity index (χ0v) is 10.5. The van der Waals surface area contributed by atoms with E-state index in [1.54, 1.807) is 0 Å². The van der Waals surface area contributed by atoms with Gasteiger partial charge in [0.15, 0.2) is 0 Å². The van der Waals surface area contributed by atoms with Gasteiger partial charge in [0.1, 0.15) is 0 Å². The second-order valence-electron chi connectivity index (χ2n) is 4.31. The maximum atomic E-state index is 5.44. The van der Waals surface area contributed by atoms with Crippen LogP contribution in [0.15, 0.2) is 12.2 Å². The Morgan fingerprint density at radius 2 is 1.27 bits per heavy atom. The first kappa shape index (κ1) is 14.7. The standard InChI is InChI=1S/C14H29N/c1-2-3-4-5-6-7-8-9-10-11-12-13-14-15/h6-7H,2-5,8-15H2,1H3/b7-6+.